The van der Waals surface area contributed by atoms with E-state index in [2.05, 4.69) is 0 Å². The molecule has 0 fully saturated rings. The van der Waals surface area contributed by atoms with Crippen molar-refractivity contribution < 1.29 is 9.53 Å². The van der Waals surface area contributed by atoms with Crippen LogP contribution in [0.2, 0.25) is 0 Å². The third-order valence-electron chi connectivity index (χ3n) is 1.55. The van der Waals surface area contributed by atoms with Crippen molar-refractivity contribution in [2.45, 2.75) is 13.3 Å². The normalized spacial score (nSPS) is 18.0. The Morgan fingerprint density at radius 2 is 2.30 bits per heavy atom. The number of ether oxygens (including phenoxy) is 1. The van der Waals surface area contributed by atoms with Crippen LogP contribution >= 0.6 is 0 Å². The van der Waals surface area contributed by atoms with Gasteiger partial charge < -0.3 is 4.74 Å². The van der Waals surface area contributed by atoms with E-state index in [1.54, 1.807) is 7.11 Å². The van der Waals surface area contributed by atoms with Gasteiger partial charge in [-0.2, -0.15) is 0 Å². The average Bonchev–Trinajstić information content (AvgIpc) is 1.95. The van der Waals surface area contributed by atoms with Crippen molar-refractivity contribution in [1.82, 2.24) is 0 Å². The third kappa shape index (κ3) is 1.26. The van der Waals surface area contributed by atoms with Crippen LogP contribution in [0.25, 0.3) is 0 Å². The highest BCUT2D eigenvalue weighted by atomic mass is 16.5. The summed E-state index contributed by atoms with van der Waals surface area (Å²) in [4.78, 5) is 10.9. The largest absolute Gasteiger partial charge is 0.501 e. The quantitative estimate of drug-likeness (QED) is 0.548. The Kier molecular flexibility index (Phi) is 1.90. The number of ketones is 1. The van der Waals surface area contributed by atoms with Gasteiger partial charge in [-0.15, -0.1) is 0 Å². The third-order valence-corrected chi connectivity index (χ3v) is 1.55. The Morgan fingerprint density at radius 3 is 2.80 bits per heavy atom. The number of allylic oxidation sites excluding steroid dienone is 3. The summed E-state index contributed by atoms with van der Waals surface area (Å²) in [5.41, 5.74) is 0.806. The van der Waals surface area contributed by atoms with Gasteiger partial charge >= 0.3 is 0 Å². The predicted molar refractivity (Wildman–Crippen MR) is 38.5 cm³/mol. The minimum Gasteiger partial charge on any atom is -0.501 e. The molecule has 10 heavy (non-hydrogen) atoms. The van der Waals surface area contributed by atoms with Crippen LogP contribution in [0, 0.1) is 0 Å². The van der Waals surface area contributed by atoms with Gasteiger partial charge in [-0.05, 0) is 12.5 Å². The number of hydrogen-bond acceptors (Lipinski definition) is 2. The lowest BCUT2D eigenvalue weighted by atomic mass is 10.1. The topological polar surface area (TPSA) is 26.3 Å². The van der Waals surface area contributed by atoms with Crippen molar-refractivity contribution in [3.8, 4) is 0 Å². The minimum atomic E-state index is 0.0584. The molecule has 0 aromatic rings. The van der Waals surface area contributed by atoms with E-state index >= 15 is 0 Å². The highest BCUT2D eigenvalue weighted by Gasteiger charge is 2.08. The molecular weight excluding hydrogens is 128 g/mol. The summed E-state index contributed by atoms with van der Waals surface area (Å²) in [6.45, 7) is 1.81. The van der Waals surface area contributed by atoms with E-state index in [9.17, 15) is 4.79 Å². The van der Waals surface area contributed by atoms with Crippen molar-refractivity contribution in [2.75, 3.05) is 7.11 Å². The fourth-order valence-electron chi connectivity index (χ4n) is 0.816. The summed E-state index contributed by atoms with van der Waals surface area (Å²) < 4.78 is 4.91. The first-order valence-electron chi connectivity index (χ1n) is 3.19. The Bertz CT molecular complexity index is 211. The summed E-state index contributed by atoms with van der Waals surface area (Å²) in [5, 5.41) is 0. The Labute approximate surface area is 60.2 Å². The molecule has 54 valence electrons. The molecule has 0 heterocycles. The van der Waals surface area contributed by atoms with Gasteiger partial charge in [0.2, 0.25) is 0 Å². The van der Waals surface area contributed by atoms with Gasteiger partial charge in [0.15, 0.2) is 5.78 Å². The van der Waals surface area contributed by atoms with Gasteiger partial charge in [0.1, 0.15) is 5.76 Å². The summed E-state index contributed by atoms with van der Waals surface area (Å²) in [6, 6.07) is 0. The highest BCUT2D eigenvalue weighted by molar-refractivity contribution is 6.04. The molecule has 0 amide bonds. The lowest BCUT2D eigenvalue weighted by molar-refractivity contribution is -0.111. The molecule has 1 aliphatic carbocycles. The first-order valence-corrected chi connectivity index (χ1v) is 3.19. The number of rotatable bonds is 1. The van der Waals surface area contributed by atoms with E-state index in [0.717, 1.165) is 17.8 Å². The molecule has 0 aromatic carbocycles. The van der Waals surface area contributed by atoms with E-state index in [4.69, 9.17) is 4.74 Å². The molecule has 0 aliphatic heterocycles. The number of methoxy groups -OCH3 is 1. The van der Waals surface area contributed by atoms with E-state index in [1.807, 2.05) is 13.0 Å². The van der Waals surface area contributed by atoms with Crippen molar-refractivity contribution in [3.63, 3.8) is 0 Å². The van der Waals surface area contributed by atoms with Crippen molar-refractivity contribution in [1.29, 1.82) is 0 Å². The molecule has 0 radical (unpaired) electrons. The van der Waals surface area contributed by atoms with Gasteiger partial charge in [0, 0.05) is 12.5 Å². The second-order valence-electron chi connectivity index (χ2n) is 2.27. The first-order chi connectivity index (χ1) is 4.74. The van der Waals surface area contributed by atoms with E-state index in [-0.39, 0.29) is 5.78 Å². The Hall–Kier alpha value is -1.05. The molecule has 0 saturated carbocycles. The molecule has 1 rings (SSSR count). The van der Waals surface area contributed by atoms with Gasteiger partial charge in [-0.25, -0.2) is 0 Å². The second-order valence-corrected chi connectivity index (χ2v) is 2.27. The fourth-order valence-corrected chi connectivity index (χ4v) is 0.816. The highest BCUT2D eigenvalue weighted by Crippen LogP contribution is 2.13. The minimum absolute atomic E-state index is 0.0584. The molecule has 0 saturated heterocycles. The molecule has 0 unspecified atom stereocenters. The van der Waals surface area contributed by atoms with Crippen LogP contribution in [0.4, 0.5) is 0 Å². The molecule has 0 spiro atoms. The Balaban J connectivity index is 2.74. The van der Waals surface area contributed by atoms with Crippen LogP contribution < -0.4 is 0 Å². The van der Waals surface area contributed by atoms with Crippen LogP contribution in [0.3, 0.4) is 0 Å². The van der Waals surface area contributed by atoms with Crippen molar-refractivity contribution in [3.05, 3.63) is 23.5 Å². The zero-order valence-corrected chi connectivity index (χ0v) is 6.18. The number of hydrogen-bond donors (Lipinski definition) is 0. The maximum atomic E-state index is 10.9. The zero-order valence-electron chi connectivity index (χ0n) is 6.18. The van der Waals surface area contributed by atoms with Gasteiger partial charge in [0.05, 0.1) is 7.11 Å². The molecule has 1 aliphatic rings. The summed E-state index contributed by atoms with van der Waals surface area (Å²) in [5.74, 6) is 0.804. The van der Waals surface area contributed by atoms with Crippen LogP contribution in [-0.4, -0.2) is 12.9 Å². The van der Waals surface area contributed by atoms with Crippen molar-refractivity contribution in [2.24, 2.45) is 0 Å². The average molecular weight is 138 g/mol. The smallest absolute Gasteiger partial charge is 0.184 e. The Morgan fingerprint density at radius 1 is 1.60 bits per heavy atom. The fraction of sp³-hybridized carbons (Fsp3) is 0.375. The van der Waals surface area contributed by atoms with Gasteiger partial charge in [-0.1, -0.05) is 6.08 Å². The second kappa shape index (κ2) is 2.69. The lowest BCUT2D eigenvalue weighted by Crippen LogP contribution is -2.03. The first kappa shape index (κ1) is 7.06. The molecule has 2 nitrogen and oxygen atoms in total. The monoisotopic (exact) mass is 138 g/mol. The molecule has 0 aromatic heterocycles. The maximum absolute atomic E-state index is 10.9. The number of carbonyl (C=O) groups is 1. The summed E-state index contributed by atoms with van der Waals surface area (Å²) in [7, 11) is 1.58. The molecule has 0 bridgehead atoms. The molecule has 2 heteroatoms. The van der Waals surface area contributed by atoms with E-state index in [1.165, 1.54) is 6.08 Å². The van der Waals surface area contributed by atoms with Gasteiger partial charge in [-0.3, -0.25) is 4.79 Å². The zero-order chi connectivity index (χ0) is 7.56. The van der Waals surface area contributed by atoms with Crippen LogP contribution in [-0.2, 0) is 9.53 Å². The summed E-state index contributed by atoms with van der Waals surface area (Å²) in [6.07, 6.45) is 4.16. The van der Waals surface area contributed by atoms with Crippen LogP contribution in [0.15, 0.2) is 23.5 Å². The van der Waals surface area contributed by atoms with Crippen LogP contribution in [0.1, 0.15) is 13.3 Å². The molecule has 0 atom stereocenters. The molecular formula is C8H10O2. The standard InChI is InChI=1S/C8H10O2/c1-6-3-4-7(10-2)5-8(6)9/h3,5H,4H2,1-2H3. The predicted octanol–water partition coefficient (Wildman–Crippen LogP) is 1.44. The van der Waals surface area contributed by atoms with Gasteiger partial charge in [0.25, 0.3) is 0 Å². The molecule has 0 N–H and O–H groups in total. The van der Waals surface area contributed by atoms with E-state index in [0.29, 0.717) is 0 Å². The SMILES string of the molecule is COC1=CC(=O)C(C)=CC1. The van der Waals surface area contributed by atoms with Crippen molar-refractivity contribution >= 4 is 5.78 Å². The maximum Gasteiger partial charge on any atom is 0.184 e. The lowest BCUT2D eigenvalue weighted by Gasteiger charge is -2.07. The number of carbonyl (C=O) groups excluding carboxylic acids is 1. The van der Waals surface area contributed by atoms with E-state index < -0.39 is 0 Å². The van der Waals surface area contributed by atoms with Crippen LogP contribution in [0.5, 0.6) is 0 Å². The summed E-state index contributed by atoms with van der Waals surface area (Å²) >= 11 is 0.